The van der Waals surface area contributed by atoms with Crippen LogP contribution in [0.5, 0.6) is 17.2 Å². The van der Waals surface area contributed by atoms with E-state index in [0.29, 0.717) is 40.5 Å². The summed E-state index contributed by atoms with van der Waals surface area (Å²) in [6.07, 6.45) is 1.60. The van der Waals surface area contributed by atoms with E-state index < -0.39 is 5.91 Å². The van der Waals surface area contributed by atoms with Gasteiger partial charge in [0.15, 0.2) is 11.5 Å². The molecular weight excluding hydrogens is 420 g/mol. The van der Waals surface area contributed by atoms with Crippen LogP contribution >= 0.6 is 11.3 Å². The molecule has 3 aromatic rings. The number of nitrogens with zero attached hydrogens (tertiary/aromatic N) is 3. The van der Waals surface area contributed by atoms with Crippen LogP contribution in [0.25, 0.3) is 11.3 Å². The lowest BCUT2D eigenvalue weighted by molar-refractivity contribution is 0.0998. The summed E-state index contributed by atoms with van der Waals surface area (Å²) in [6.45, 7) is 0.901. The van der Waals surface area contributed by atoms with Crippen LogP contribution in [-0.4, -0.2) is 54.4 Å². The number of methoxy groups -OCH3 is 2. The predicted molar refractivity (Wildman–Crippen MR) is 118 cm³/mol. The van der Waals surface area contributed by atoms with Crippen molar-refractivity contribution in [1.82, 2.24) is 4.68 Å². The highest BCUT2D eigenvalue weighted by molar-refractivity contribution is 7.07. The molecule has 0 radical (unpaired) electrons. The number of benzene rings is 2. The molecule has 0 atom stereocenters. The van der Waals surface area contributed by atoms with Crippen molar-refractivity contribution in [2.45, 2.75) is 0 Å². The molecule has 4 N–H and O–H groups in total. The molecule has 0 spiro atoms. The minimum Gasteiger partial charge on any atom is -0.507 e. The fourth-order valence-electron chi connectivity index (χ4n) is 2.74. The highest BCUT2D eigenvalue weighted by Crippen LogP contribution is 2.27. The number of aromatic nitrogens is 1. The Balaban J connectivity index is 2.09. The summed E-state index contributed by atoms with van der Waals surface area (Å²) in [6, 6.07) is 9.45. The quantitative estimate of drug-likeness (QED) is 0.363. The number of thiazole rings is 1. The van der Waals surface area contributed by atoms with E-state index in [1.54, 1.807) is 36.2 Å². The van der Waals surface area contributed by atoms with Gasteiger partial charge in [-0.1, -0.05) is 0 Å². The maximum absolute atomic E-state index is 11.6. The van der Waals surface area contributed by atoms with Gasteiger partial charge in [-0.15, -0.1) is 11.3 Å². The second-order valence-electron chi connectivity index (χ2n) is 6.36. The molecule has 162 valence electrons. The Bertz CT molecular complexity index is 1180. The number of carbonyl (C=O) groups is 1. The van der Waals surface area contributed by atoms with E-state index in [1.807, 2.05) is 5.38 Å². The number of aromatic hydroxyl groups is 2. The number of primary amides is 1. The van der Waals surface area contributed by atoms with Crippen LogP contribution in [-0.2, 0) is 4.74 Å². The standard InChI is InChI=1S/C21H22N4O5S/c1-29-8-7-23-21-25(24-11-13-3-5-18(27)19(9-13)30-2)16(12-31-21)14-4-6-17(26)15(10-14)20(22)28/h3-6,9-12,26-27H,7-8H2,1-2H3,(H2,22,28)/b23-21?,24-11+. The molecule has 9 nitrogen and oxygen atoms in total. The molecule has 0 unspecified atom stereocenters. The van der Waals surface area contributed by atoms with Crippen LogP contribution in [0.15, 0.2) is 51.9 Å². The zero-order valence-corrected chi connectivity index (χ0v) is 17.8. The Kier molecular flexibility index (Phi) is 7.06. The van der Waals surface area contributed by atoms with E-state index in [1.165, 1.54) is 36.6 Å². The molecule has 1 heterocycles. The van der Waals surface area contributed by atoms with Crippen molar-refractivity contribution in [3.63, 3.8) is 0 Å². The normalized spacial score (nSPS) is 11.9. The smallest absolute Gasteiger partial charge is 0.252 e. The molecule has 0 bridgehead atoms. The number of ether oxygens (including phenoxy) is 2. The molecule has 1 aromatic heterocycles. The molecule has 0 fully saturated rings. The molecule has 2 aromatic carbocycles. The molecule has 0 saturated carbocycles. The summed E-state index contributed by atoms with van der Waals surface area (Å²) in [4.78, 5) is 16.8. The zero-order valence-electron chi connectivity index (χ0n) is 17.0. The second kappa shape index (κ2) is 9.92. The minimum atomic E-state index is -0.731. The van der Waals surface area contributed by atoms with Crippen molar-refractivity contribution in [3.05, 3.63) is 57.7 Å². The fourth-order valence-corrected chi connectivity index (χ4v) is 3.61. The number of phenols is 2. The molecule has 1 amide bonds. The van der Waals surface area contributed by atoms with Crippen LogP contribution in [0, 0.1) is 0 Å². The summed E-state index contributed by atoms with van der Waals surface area (Å²) in [5, 5.41) is 26.1. The highest BCUT2D eigenvalue weighted by atomic mass is 32.1. The van der Waals surface area contributed by atoms with E-state index in [0.717, 1.165) is 0 Å². The molecule has 0 aliphatic rings. The number of amides is 1. The summed E-state index contributed by atoms with van der Waals surface area (Å²) < 4.78 is 11.8. The van der Waals surface area contributed by atoms with E-state index in [9.17, 15) is 15.0 Å². The number of nitrogens with two attached hydrogens (primary N) is 1. The largest absolute Gasteiger partial charge is 0.507 e. The van der Waals surface area contributed by atoms with E-state index >= 15 is 0 Å². The average molecular weight is 442 g/mol. The van der Waals surface area contributed by atoms with Gasteiger partial charge in [0.25, 0.3) is 5.91 Å². The van der Waals surface area contributed by atoms with Gasteiger partial charge in [0.1, 0.15) is 5.75 Å². The summed E-state index contributed by atoms with van der Waals surface area (Å²) in [7, 11) is 3.07. The van der Waals surface area contributed by atoms with Gasteiger partial charge in [-0.3, -0.25) is 9.79 Å². The van der Waals surface area contributed by atoms with Crippen molar-refractivity contribution in [2.75, 3.05) is 27.4 Å². The van der Waals surface area contributed by atoms with Crippen molar-refractivity contribution >= 4 is 23.5 Å². The minimum absolute atomic E-state index is 0.0142. The second-order valence-corrected chi connectivity index (χ2v) is 7.20. The first kappa shape index (κ1) is 22.1. The van der Waals surface area contributed by atoms with Crippen molar-refractivity contribution in [3.8, 4) is 28.5 Å². The topological polar surface area (TPSA) is 132 Å². The SMILES string of the molecule is COCCN=c1scc(-c2ccc(O)c(C(N)=O)c2)n1/N=C/c1ccc(O)c(OC)c1. The van der Waals surface area contributed by atoms with Gasteiger partial charge >= 0.3 is 0 Å². The first-order valence-electron chi connectivity index (χ1n) is 9.19. The molecule has 0 aliphatic heterocycles. The maximum atomic E-state index is 11.6. The van der Waals surface area contributed by atoms with Gasteiger partial charge in [-0.25, -0.2) is 4.68 Å². The van der Waals surface area contributed by atoms with Gasteiger partial charge in [-0.2, -0.15) is 5.10 Å². The zero-order chi connectivity index (χ0) is 22.4. The lowest BCUT2D eigenvalue weighted by Gasteiger charge is -2.07. The number of phenolic OH excluding ortho intramolecular Hbond substituents is 1. The van der Waals surface area contributed by atoms with Crippen molar-refractivity contribution in [1.29, 1.82) is 0 Å². The van der Waals surface area contributed by atoms with Crippen LogP contribution < -0.4 is 15.3 Å². The third-order valence-electron chi connectivity index (χ3n) is 4.31. The van der Waals surface area contributed by atoms with Crippen LogP contribution in [0.3, 0.4) is 0 Å². The van der Waals surface area contributed by atoms with Gasteiger partial charge in [0, 0.05) is 18.1 Å². The monoisotopic (exact) mass is 442 g/mol. The number of hydrogen-bond donors (Lipinski definition) is 3. The average Bonchev–Trinajstić information content (AvgIpc) is 3.16. The number of carbonyl (C=O) groups excluding carboxylic acids is 1. The van der Waals surface area contributed by atoms with E-state index in [2.05, 4.69) is 10.1 Å². The maximum Gasteiger partial charge on any atom is 0.252 e. The molecule has 0 aliphatic carbocycles. The lowest BCUT2D eigenvalue weighted by atomic mass is 10.1. The third kappa shape index (κ3) is 5.11. The molecule has 0 saturated heterocycles. The van der Waals surface area contributed by atoms with Gasteiger partial charge in [-0.05, 0) is 42.0 Å². The Hall–Kier alpha value is -3.63. The Labute approximate surface area is 182 Å². The molecule has 31 heavy (non-hydrogen) atoms. The first-order chi connectivity index (χ1) is 14.9. The Morgan fingerprint density at radius 2 is 1.97 bits per heavy atom. The summed E-state index contributed by atoms with van der Waals surface area (Å²) in [5.74, 6) is -0.565. The fraction of sp³-hybridized carbons (Fsp3) is 0.190. The predicted octanol–water partition coefficient (Wildman–Crippen LogP) is 2.16. The number of rotatable bonds is 8. The van der Waals surface area contributed by atoms with E-state index in [-0.39, 0.29) is 17.1 Å². The van der Waals surface area contributed by atoms with Gasteiger partial charge < -0.3 is 25.4 Å². The number of hydrogen-bond acceptors (Lipinski definition) is 8. The van der Waals surface area contributed by atoms with E-state index in [4.69, 9.17) is 15.2 Å². The first-order valence-corrected chi connectivity index (χ1v) is 10.1. The third-order valence-corrected chi connectivity index (χ3v) is 5.17. The van der Waals surface area contributed by atoms with Gasteiger partial charge in [0.2, 0.25) is 4.80 Å². The van der Waals surface area contributed by atoms with Crippen molar-refractivity contribution < 1.29 is 24.5 Å². The molecular formula is C21H22N4O5S. The van der Waals surface area contributed by atoms with Crippen LogP contribution in [0.4, 0.5) is 0 Å². The van der Waals surface area contributed by atoms with Crippen molar-refractivity contribution in [2.24, 2.45) is 15.8 Å². The van der Waals surface area contributed by atoms with Crippen LogP contribution in [0.2, 0.25) is 0 Å². The summed E-state index contributed by atoms with van der Waals surface area (Å²) in [5.41, 5.74) is 7.37. The van der Waals surface area contributed by atoms with Gasteiger partial charge in [0.05, 0.1) is 37.7 Å². The highest BCUT2D eigenvalue weighted by Gasteiger charge is 2.13. The molecule has 10 heteroatoms. The summed E-state index contributed by atoms with van der Waals surface area (Å²) >= 11 is 1.37. The molecule has 3 rings (SSSR count). The lowest BCUT2D eigenvalue weighted by Crippen LogP contribution is -2.14. The Morgan fingerprint density at radius 1 is 1.19 bits per heavy atom. The Morgan fingerprint density at radius 3 is 2.68 bits per heavy atom. The van der Waals surface area contributed by atoms with Crippen LogP contribution in [0.1, 0.15) is 15.9 Å².